The van der Waals surface area contributed by atoms with E-state index in [4.69, 9.17) is 5.73 Å². The maximum Gasteiger partial charge on any atom is 0.325 e. The summed E-state index contributed by atoms with van der Waals surface area (Å²) in [7, 11) is 0. The third kappa shape index (κ3) is 4.91. The van der Waals surface area contributed by atoms with Gasteiger partial charge in [0, 0.05) is 37.9 Å². The number of pyridine rings is 1. The Balaban J connectivity index is 1.68. The van der Waals surface area contributed by atoms with Crippen LogP contribution in [0.3, 0.4) is 0 Å². The molecule has 136 valence electrons. The lowest BCUT2D eigenvalue weighted by Crippen LogP contribution is -2.43. The quantitative estimate of drug-likeness (QED) is 0.277. The number of aliphatic imine (C=N–C) groups is 1. The van der Waals surface area contributed by atoms with Gasteiger partial charge >= 0.3 is 6.03 Å². The van der Waals surface area contributed by atoms with Gasteiger partial charge in [0.25, 0.3) is 5.91 Å². The Hall–Kier alpha value is -2.64. The van der Waals surface area contributed by atoms with E-state index in [0.29, 0.717) is 38.4 Å². The standard InChI is InChI=1S/C17H26N6O2/c1-3-17(2)14(24)23(16(25)22-17)12-6-10-20-15(18)21-11-8-13-7-4-5-9-19-13/h4-5,7,9H,3,6,8,10-12H2,1-2H3,(H,22,25)(H3,18,20,21). The van der Waals surface area contributed by atoms with E-state index in [-0.39, 0.29) is 11.9 Å². The maximum absolute atomic E-state index is 12.2. The molecule has 0 saturated carbocycles. The van der Waals surface area contributed by atoms with E-state index in [1.807, 2.05) is 25.1 Å². The molecule has 1 aromatic rings. The van der Waals surface area contributed by atoms with Gasteiger partial charge < -0.3 is 16.4 Å². The minimum Gasteiger partial charge on any atom is -0.370 e. The Morgan fingerprint density at radius 1 is 1.44 bits per heavy atom. The number of carbonyl (C=O) groups excluding carboxylic acids is 2. The summed E-state index contributed by atoms with van der Waals surface area (Å²) in [5, 5.41) is 5.76. The van der Waals surface area contributed by atoms with Crippen LogP contribution >= 0.6 is 0 Å². The normalized spacial score (nSPS) is 20.7. The van der Waals surface area contributed by atoms with Gasteiger partial charge in [0.05, 0.1) is 0 Å². The summed E-state index contributed by atoms with van der Waals surface area (Å²) in [6.45, 7) is 5.06. The van der Waals surface area contributed by atoms with Crippen LogP contribution in [-0.4, -0.2) is 53.0 Å². The second-order valence-corrected chi connectivity index (χ2v) is 6.19. The van der Waals surface area contributed by atoms with Gasteiger partial charge in [-0.05, 0) is 31.9 Å². The fourth-order valence-electron chi connectivity index (χ4n) is 2.54. The third-order valence-corrected chi connectivity index (χ3v) is 4.29. The number of imide groups is 1. The molecule has 4 N–H and O–H groups in total. The zero-order valence-electron chi connectivity index (χ0n) is 14.8. The highest BCUT2D eigenvalue weighted by molar-refractivity contribution is 6.06. The van der Waals surface area contributed by atoms with Crippen molar-refractivity contribution < 1.29 is 9.59 Å². The number of aromatic nitrogens is 1. The maximum atomic E-state index is 12.2. The van der Waals surface area contributed by atoms with Gasteiger partial charge in [-0.25, -0.2) is 4.79 Å². The van der Waals surface area contributed by atoms with Gasteiger partial charge in [-0.2, -0.15) is 0 Å². The molecule has 8 nitrogen and oxygen atoms in total. The Bertz CT molecular complexity index is 633. The average molecular weight is 346 g/mol. The molecule has 1 aromatic heterocycles. The molecule has 0 aliphatic carbocycles. The van der Waals surface area contributed by atoms with Crippen molar-refractivity contribution in [2.45, 2.75) is 38.6 Å². The smallest absolute Gasteiger partial charge is 0.325 e. The summed E-state index contributed by atoms with van der Waals surface area (Å²) in [6, 6.07) is 5.44. The number of nitrogens with zero attached hydrogens (tertiary/aromatic N) is 3. The lowest BCUT2D eigenvalue weighted by atomic mass is 9.99. The number of amides is 3. The molecular weight excluding hydrogens is 320 g/mol. The van der Waals surface area contributed by atoms with Gasteiger partial charge in [-0.3, -0.25) is 19.7 Å². The van der Waals surface area contributed by atoms with Crippen molar-refractivity contribution in [1.82, 2.24) is 20.5 Å². The molecule has 1 unspecified atom stereocenters. The molecule has 1 aliphatic heterocycles. The second-order valence-electron chi connectivity index (χ2n) is 6.19. The first kappa shape index (κ1) is 18.7. The van der Waals surface area contributed by atoms with Crippen molar-refractivity contribution in [3.63, 3.8) is 0 Å². The fourth-order valence-corrected chi connectivity index (χ4v) is 2.54. The molecule has 3 amide bonds. The van der Waals surface area contributed by atoms with E-state index < -0.39 is 5.54 Å². The average Bonchev–Trinajstić information content (AvgIpc) is 2.83. The van der Waals surface area contributed by atoms with Crippen molar-refractivity contribution in [3.8, 4) is 0 Å². The van der Waals surface area contributed by atoms with Crippen molar-refractivity contribution in [2.24, 2.45) is 10.7 Å². The van der Waals surface area contributed by atoms with Crippen LogP contribution in [0.25, 0.3) is 0 Å². The molecular formula is C17H26N6O2. The highest BCUT2D eigenvalue weighted by Crippen LogP contribution is 2.20. The molecule has 2 rings (SSSR count). The summed E-state index contributed by atoms with van der Waals surface area (Å²) >= 11 is 0. The van der Waals surface area contributed by atoms with Crippen molar-refractivity contribution in [1.29, 1.82) is 0 Å². The van der Waals surface area contributed by atoms with Crippen molar-refractivity contribution in [3.05, 3.63) is 30.1 Å². The van der Waals surface area contributed by atoms with Crippen LogP contribution < -0.4 is 16.4 Å². The van der Waals surface area contributed by atoms with Crippen LogP contribution in [-0.2, 0) is 11.2 Å². The molecule has 1 atom stereocenters. The predicted molar refractivity (Wildman–Crippen MR) is 96.0 cm³/mol. The number of hydrogen-bond acceptors (Lipinski definition) is 4. The first-order valence-electron chi connectivity index (χ1n) is 8.54. The number of guanidine groups is 1. The van der Waals surface area contributed by atoms with Crippen molar-refractivity contribution >= 4 is 17.9 Å². The number of rotatable bonds is 8. The third-order valence-electron chi connectivity index (χ3n) is 4.29. The van der Waals surface area contributed by atoms with Gasteiger partial charge in [-0.1, -0.05) is 13.0 Å². The summed E-state index contributed by atoms with van der Waals surface area (Å²) < 4.78 is 0. The fraction of sp³-hybridized carbons (Fsp3) is 0.529. The highest BCUT2D eigenvalue weighted by atomic mass is 16.2. The first-order valence-corrected chi connectivity index (χ1v) is 8.54. The Morgan fingerprint density at radius 2 is 2.24 bits per heavy atom. The summed E-state index contributed by atoms with van der Waals surface area (Å²) in [4.78, 5) is 33.8. The Kier molecular flexibility index (Phi) is 6.32. The van der Waals surface area contributed by atoms with E-state index in [2.05, 4.69) is 20.6 Å². The summed E-state index contributed by atoms with van der Waals surface area (Å²) in [5.41, 5.74) is 6.01. The Labute approximate surface area is 147 Å². The van der Waals surface area contributed by atoms with Crippen LogP contribution in [0, 0.1) is 0 Å². The molecule has 0 spiro atoms. The first-order chi connectivity index (χ1) is 12.0. The summed E-state index contributed by atoms with van der Waals surface area (Å²) in [6.07, 6.45) is 3.65. The summed E-state index contributed by atoms with van der Waals surface area (Å²) in [5.74, 6) is 0.178. The van der Waals surface area contributed by atoms with Gasteiger partial charge in [-0.15, -0.1) is 0 Å². The molecule has 2 heterocycles. The highest BCUT2D eigenvalue weighted by Gasteiger charge is 2.45. The second kappa shape index (κ2) is 8.46. The number of nitrogens with two attached hydrogens (primary N) is 1. The minimum absolute atomic E-state index is 0.176. The van der Waals surface area contributed by atoms with Crippen LogP contribution in [0.4, 0.5) is 4.79 Å². The van der Waals surface area contributed by atoms with E-state index in [1.54, 1.807) is 13.1 Å². The lowest BCUT2D eigenvalue weighted by Gasteiger charge is -2.19. The molecule has 1 aliphatic rings. The van der Waals surface area contributed by atoms with E-state index in [1.165, 1.54) is 4.90 Å². The number of hydrogen-bond donors (Lipinski definition) is 3. The van der Waals surface area contributed by atoms with Crippen LogP contribution in [0.2, 0.25) is 0 Å². The molecule has 1 saturated heterocycles. The van der Waals surface area contributed by atoms with E-state index in [0.717, 1.165) is 12.1 Å². The number of urea groups is 1. The Morgan fingerprint density at radius 3 is 2.88 bits per heavy atom. The minimum atomic E-state index is -0.785. The van der Waals surface area contributed by atoms with Crippen LogP contribution in [0.5, 0.6) is 0 Å². The molecule has 0 radical (unpaired) electrons. The van der Waals surface area contributed by atoms with E-state index in [9.17, 15) is 9.59 Å². The van der Waals surface area contributed by atoms with Gasteiger partial charge in [0.15, 0.2) is 5.96 Å². The van der Waals surface area contributed by atoms with Gasteiger partial charge in [0.2, 0.25) is 0 Å². The monoisotopic (exact) mass is 346 g/mol. The zero-order valence-corrected chi connectivity index (χ0v) is 14.8. The predicted octanol–water partition coefficient (Wildman–Crippen LogP) is 0.639. The molecule has 0 bridgehead atoms. The molecule has 0 aromatic carbocycles. The largest absolute Gasteiger partial charge is 0.370 e. The SMILES string of the molecule is CCC1(C)NC(=O)N(CCCN=C(N)NCCc2ccccn2)C1=O. The van der Waals surface area contributed by atoms with E-state index >= 15 is 0 Å². The molecule has 8 heteroatoms. The number of carbonyl (C=O) groups is 2. The van der Waals surface area contributed by atoms with Gasteiger partial charge in [0.1, 0.15) is 5.54 Å². The molecule has 25 heavy (non-hydrogen) atoms. The zero-order chi connectivity index (χ0) is 18.3. The number of nitrogens with one attached hydrogen (secondary N) is 2. The van der Waals surface area contributed by atoms with Crippen LogP contribution in [0.15, 0.2) is 29.4 Å². The lowest BCUT2D eigenvalue weighted by molar-refractivity contribution is -0.130. The van der Waals surface area contributed by atoms with Crippen molar-refractivity contribution in [2.75, 3.05) is 19.6 Å². The van der Waals surface area contributed by atoms with Crippen LogP contribution in [0.1, 0.15) is 32.4 Å². The topological polar surface area (TPSA) is 113 Å². The molecule has 1 fully saturated rings.